The van der Waals surface area contributed by atoms with Crippen LogP contribution in [0.4, 0.5) is 0 Å². The van der Waals surface area contributed by atoms with Gasteiger partial charge < -0.3 is 14.6 Å². The molecule has 1 aliphatic rings. The molecular formula is C16H19NO5. The van der Waals surface area contributed by atoms with Crippen molar-refractivity contribution in [3.63, 3.8) is 0 Å². The molecule has 22 heavy (non-hydrogen) atoms. The molecule has 0 aliphatic carbocycles. The molecule has 1 aromatic rings. The number of likely N-dealkylation sites (N-methyl/N-ethyl adjacent to an activating group) is 1. The van der Waals surface area contributed by atoms with Crippen LogP contribution in [-0.2, 0) is 24.8 Å². The molecule has 1 amide bonds. The molecule has 0 saturated carbocycles. The fourth-order valence-corrected chi connectivity index (χ4v) is 2.77. The van der Waals surface area contributed by atoms with Gasteiger partial charge in [-0.1, -0.05) is 30.3 Å². The number of esters is 1. The van der Waals surface area contributed by atoms with E-state index in [1.807, 2.05) is 6.07 Å². The van der Waals surface area contributed by atoms with Crippen molar-refractivity contribution in [2.24, 2.45) is 0 Å². The quantitative estimate of drug-likeness (QED) is 0.838. The summed E-state index contributed by atoms with van der Waals surface area (Å²) >= 11 is 0. The highest BCUT2D eigenvalue weighted by molar-refractivity contribution is 6.07. The van der Waals surface area contributed by atoms with Crippen molar-refractivity contribution >= 4 is 11.9 Å². The van der Waals surface area contributed by atoms with E-state index >= 15 is 0 Å². The highest BCUT2D eigenvalue weighted by Gasteiger charge is 2.56. The summed E-state index contributed by atoms with van der Waals surface area (Å²) in [4.78, 5) is 26.0. The van der Waals surface area contributed by atoms with Gasteiger partial charge in [-0.2, -0.15) is 0 Å². The van der Waals surface area contributed by atoms with Crippen molar-refractivity contribution < 1.29 is 24.2 Å². The molecule has 0 bridgehead atoms. The summed E-state index contributed by atoms with van der Waals surface area (Å²) in [5.74, 6) is -2.06. The Labute approximate surface area is 128 Å². The van der Waals surface area contributed by atoms with Crippen LogP contribution in [0.5, 0.6) is 0 Å². The average molecular weight is 305 g/mol. The molecule has 1 atom stereocenters. The minimum absolute atomic E-state index is 0.129. The number of ether oxygens (including phenoxy) is 2. The summed E-state index contributed by atoms with van der Waals surface area (Å²) in [6.45, 7) is 3.79. The Morgan fingerprint density at radius 1 is 1.27 bits per heavy atom. The highest BCUT2D eigenvalue weighted by atomic mass is 16.5. The van der Waals surface area contributed by atoms with E-state index in [-0.39, 0.29) is 18.7 Å². The normalized spacial score (nSPS) is 21.4. The third-order valence-electron chi connectivity index (χ3n) is 3.66. The molecule has 1 N–H and O–H groups in total. The molecule has 1 aromatic carbocycles. The van der Waals surface area contributed by atoms with Crippen LogP contribution >= 0.6 is 0 Å². The van der Waals surface area contributed by atoms with Gasteiger partial charge in [-0.05, 0) is 13.8 Å². The van der Waals surface area contributed by atoms with Gasteiger partial charge in [0.05, 0.1) is 6.61 Å². The van der Waals surface area contributed by atoms with Crippen LogP contribution in [0.1, 0.15) is 19.4 Å². The van der Waals surface area contributed by atoms with E-state index < -0.39 is 23.4 Å². The number of methoxy groups -OCH3 is 1. The van der Waals surface area contributed by atoms with Crippen molar-refractivity contribution in [2.45, 2.75) is 19.6 Å². The van der Waals surface area contributed by atoms with Crippen LogP contribution < -0.4 is 0 Å². The zero-order chi connectivity index (χ0) is 16.3. The van der Waals surface area contributed by atoms with Crippen LogP contribution in [-0.4, -0.2) is 42.1 Å². The number of hydrogen-bond donors (Lipinski definition) is 1. The maximum absolute atomic E-state index is 12.3. The second kappa shape index (κ2) is 6.19. The van der Waals surface area contributed by atoms with Crippen LogP contribution in [0.15, 0.2) is 41.7 Å². The Bertz CT molecular complexity index is 610. The largest absolute Gasteiger partial charge is 0.503 e. The molecule has 1 heterocycles. The third kappa shape index (κ3) is 2.16. The number of benzene rings is 1. The lowest BCUT2D eigenvalue weighted by Crippen LogP contribution is -2.48. The summed E-state index contributed by atoms with van der Waals surface area (Å²) in [7, 11) is 1.39. The van der Waals surface area contributed by atoms with Crippen molar-refractivity contribution in [3.8, 4) is 0 Å². The topological polar surface area (TPSA) is 76.1 Å². The number of amides is 1. The molecule has 1 aliphatic heterocycles. The number of carbonyl (C=O) groups excluding carboxylic acids is 2. The smallest absolute Gasteiger partial charge is 0.343 e. The number of hydrogen-bond acceptors (Lipinski definition) is 5. The lowest BCUT2D eigenvalue weighted by atomic mass is 9.94. The van der Waals surface area contributed by atoms with Crippen LogP contribution in [0.25, 0.3) is 0 Å². The Balaban J connectivity index is 2.70. The molecule has 0 fully saturated rings. The third-order valence-corrected chi connectivity index (χ3v) is 3.66. The van der Waals surface area contributed by atoms with Gasteiger partial charge in [-0.3, -0.25) is 9.69 Å². The number of aliphatic hydroxyl groups is 1. The minimum Gasteiger partial charge on any atom is -0.503 e. The lowest BCUT2D eigenvalue weighted by molar-refractivity contribution is -0.157. The van der Waals surface area contributed by atoms with Gasteiger partial charge in [0.1, 0.15) is 5.57 Å². The molecule has 0 saturated heterocycles. The monoisotopic (exact) mass is 305 g/mol. The fraction of sp³-hybridized carbons (Fsp3) is 0.375. The van der Waals surface area contributed by atoms with E-state index in [1.165, 1.54) is 12.0 Å². The van der Waals surface area contributed by atoms with Gasteiger partial charge in [-0.15, -0.1) is 0 Å². The van der Waals surface area contributed by atoms with Crippen molar-refractivity contribution in [1.29, 1.82) is 0 Å². The van der Waals surface area contributed by atoms with Crippen molar-refractivity contribution in [1.82, 2.24) is 4.90 Å². The number of aliphatic hydroxyl groups excluding tert-OH is 1. The van der Waals surface area contributed by atoms with Gasteiger partial charge in [0.2, 0.25) is 5.72 Å². The van der Waals surface area contributed by atoms with Gasteiger partial charge in [-0.25, -0.2) is 4.79 Å². The molecule has 6 heteroatoms. The van der Waals surface area contributed by atoms with E-state index in [4.69, 9.17) is 9.47 Å². The first kappa shape index (κ1) is 16.0. The Morgan fingerprint density at radius 2 is 1.91 bits per heavy atom. The van der Waals surface area contributed by atoms with Crippen molar-refractivity contribution in [2.75, 3.05) is 20.3 Å². The fourth-order valence-electron chi connectivity index (χ4n) is 2.77. The van der Waals surface area contributed by atoms with Gasteiger partial charge >= 0.3 is 5.97 Å². The molecular weight excluding hydrogens is 286 g/mol. The molecule has 0 aromatic heterocycles. The second-order valence-corrected chi connectivity index (χ2v) is 4.71. The molecule has 0 spiro atoms. The molecule has 6 nitrogen and oxygen atoms in total. The predicted octanol–water partition coefficient (Wildman–Crippen LogP) is 1.72. The minimum atomic E-state index is -1.48. The van der Waals surface area contributed by atoms with E-state index in [9.17, 15) is 14.7 Å². The zero-order valence-electron chi connectivity index (χ0n) is 12.8. The Hall–Kier alpha value is -2.34. The summed E-state index contributed by atoms with van der Waals surface area (Å²) in [6.07, 6.45) is 0. The van der Waals surface area contributed by atoms with E-state index in [1.54, 1.807) is 38.1 Å². The SMILES string of the molecule is CCOC(=O)C1=C(O)C(=O)N(CC)C1(OC)c1ccccc1. The Morgan fingerprint density at radius 3 is 2.41 bits per heavy atom. The van der Waals surface area contributed by atoms with Gasteiger partial charge in [0.15, 0.2) is 5.76 Å². The van der Waals surface area contributed by atoms with Gasteiger partial charge in [0, 0.05) is 19.2 Å². The predicted molar refractivity (Wildman–Crippen MR) is 78.8 cm³/mol. The van der Waals surface area contributed by atoms with Crippen LogP contribution in [0, 0.1) is 0 Å². The maximum Gasteiger partial charge on any atom is 0.343 e. The van der Waals surface area contributed by atoms with Crippen LogP contribution in [0.2, 0.25) is 0 Å². The average Bonchev–Trinajstić information content (AvgIpc) is 2.76. The summed E-state index contributed by atoms with van der Waals surface area (Å²) in [5, 5.41) is 10.2. The summed E-state index contributed by atoms with van der Waals surface area (Å²) in [5.41, 5.74) is -1.10. The first-order valence-corrected chi connectivity index (χ1v) is 7.08. The Kier molecular flexibility index (Phi) is 4.51. The summed E-state index contributed by atoms with van der Waals surface area (Å²) < 4.78 is 10.6. The lowest BCUT2D eigenvalue weighted by Gasteiger charge is -2.38. The number of carbonyl (C=O) groups is 2. The number of rotatable bonds is 5. The van der Waals surface area contributed by atoms with Crippen LogP contribution in [0.3, 0.4) is 0 Å². The molecule has 1 unspecified atom stereocenters. The number of nitrogens with zero attached hydrogens (tertiary/aromatic N) is 1. The second-order valence-electron chi connectivity index (χ2n) is 4.71. The van der Waals surface area contributed by atoms with E-state index in [0.717, 1.165) is 0 Å². The molecule has 0 radical (unpaired) electrons. The van der Waals surface area contributed by atoms with Gasteiger partial charge in [0.25, 0.3) is 5.91 Å². The molecule has 2 rings (SSSR count). The first-order valence-electron chi connectivity index (χ1n) is 7.08. The van der Waals surface area contributed by atoms with E-state index in [0.29, 0.717) is 5.56 Å². The first-order chi connectivity index (χ1) is 10.5. The standard InChI is InChI=1S/C16H19NO5/c1-4-17-14(19)13(18)12(15(20)22-5-2)16(17,21-3)11-9-7-6-8-10-11/h6-10,18H,4-5H2,1-3H3. The van der Waals surface area contributed by atoms with Crippen molar-refractivity contribution in [3.05, 3.63) is 47.2 Å². The highest BCUT2D eigenvalue weighted by Crippen LogP contribution is 2.44. The zero-order valence-corrected chi connectivity index (χ0v) is 12.8. The van der Waals surface area contributed by atoms with E-state index in [2.05, 4.69) is 0 Å². The maximum atomic E-state index is 12.3. The summed E-state index contributed by atoms with van der Waals surface area (Å²) in [6, 6.07) is 8.82. The molecule has 118 valence electrons.